The highest BCUT2D eigenvalue weighted by Crippen LogP contribution is 2.11. The number of hydrogen-bond acceptors (Lipinski definition) is 4. The number of nitrogens with zero attached hydrogens (tertiary/aromatic N) is 2. The summed E-state index contributed by atoms with van der Waals surface area (Å²) >= 11 is 0. The topological polar surface area (TPSA) is 85.3 Å². The highest BCUT2D eigenvalue weighted by Gasteiger charge is 2.12. The molecule has 2 aromatic heterocycles. The molecule has 0 aromatic carbocycles. The van der Waals surface area contributed by atoms with E-state index in [1.54, 1.807) is 11.5 Å². The molecular weight excluding hydrogens is 248 g/mol. The summed E-state index contributed by atoms with van der Waals surface area (Å²) in [6.45, 7) is 5.67. The van der Waals surface area contributed by atoms with E-state index in [4.69, 9.17) is 9.52 Å². The predicted octanol–water partition coefficient (Wildman–Crippen LogP) is 1.51. The average molecular weight is 262 g/mol. The molecule has 0 aliphatic carbocycles. The van der Waals surface area contributed by atoms with Crippen LogP contribution in [0.15, 0.2) is 21.5 Å². The summed E-state index contributed by atoms with van der Waals surface area (Å²) in [5, 5.41) is 8.94. The van der Waals surface area contributed by atoms with Crippen LogP contribution < -0.4 is 5.43 Å². The van der Waals surface area contributed by atoms with Crippen LogP contribution in [0.3, 0.4) is 0 Å². The third kappa shape index (κ3) is 2.57. The summed E-state index contributed by atoms with van der Waals surface area (Å²) < 4.78 is 7.08. The van der Waals surface area contributed by atoms with Gasteiger partial charge in [0.25, 0.3) is 0 Å². The largest absolute Gasteiger partial charge is 0.477 e. The first-order valence-electron chi connectivity index (χ1n) is 5.75. The van der Waals surface area contributed by atoms with E-state index in [1.165, 1.54) is 12.3 Å². The van der Waals surface area contributed by atoms with Crippen LogP contribution in [-0.2, 0) is 6.54 Å². The third-order valence-electron chi connectivity index (χ3n) is 2.95. The van der Waals surface area contributed by atoms with E-state index in [0.717, 1.165) is 11.5 Å². The van der Waals surface area contributed by atoms with E-state index in [9.17, 15) is 9.59 Å². The van der Waals surface area contributed by atoms with E-state index in [1.807, 2.05) is 13.8 Å². The van der Waals surface area contributed by atoms with Crippen LogP contribution in [0, 0.1) is 20.8 Å². The number of hydrogen-bond donors (Lipinski definition) is 1. The number of pyridine rings is 1. The molecule has 0 spiro atoms. The van der Waals surface area contributed by atoms with E-state index in [-0.39, 0.29) is 5.56 Å². The van der Waals surface area contributed by atoms with Gasteiger partial charge >= 0.3 is 5.97 Å². The first-order chi connectivity index (χ1) is 8.88. The van der Waals surface area contributed by atoms with Crippen molar-refractivity contribution >= 4 is 5.97 Å². The van der Waals surface area contributed by atoms with Gasteiger partial charge in [0.15, 0.2) is 5.43 Å². The SMILES string of the molecule is Cc1nc(Cn2cc(C(=O)O)c(=O)cc2C)oc1C. The number of carboxylic acids is 1. The fourth-order valence-electron chi connectivity index (χ4n) is 1.76. The van der Waals surface area contributed by atoms with Gasteiger partial charge < -0.3 is 14.1 Å². The Morgan fingerprint density at radius 1 is 1.42 bits per heavy atom. The lowest BCUT2D eigenvalue weighted by molar-refractivity contribution is 0.0694. The zero-order chi connectivity index (χ0) is 14.2. The minimum Gasteiger partial charge on any atom is -0.477 e. The third-order valence-corrected chi connectivity index (χ3v) is 2.95. The maximum atomic E-state index is 11.5. The fourth-order valence-corrected chi connectivity index (χ4v) is 1.76. The lowest BCUT2D eigenvalue weighted by Crippen LogP contribution is -2.19. The Balaban J connectivity index is 2.42. The Labute approximate surface area is 109 Å². The molecule has 2 heterocycles. The van der Waals surface area contributed by atoms with E-state index >= 15 is 0 Å². The molecule has 100 valence electrons. The van der Waals surface area contributed by atoms with Crippen molar-refractivity contribution in [1.82, 2.24) is 9.55 Å². The van der Waals surface area contributed by atoms with Crippen molar-refractivity contribution < 1.29 is 14.3 Å². The molecule has 1 N–H and O–H groups in total. The number of carboxylic acid groups (broad SMARTS) is 1. The van der Waals surface area contributed by atoms with Crippen molar-refractivity contribution in [1.29, 1.82) is 0 Å². The maximum Gasteiger partial charge on any atom is 0.341 e. The quantitative estimate of drug-likeness (QED) is 0.906. The van der Waals surface area contributed by atoms with Gasteiger partial charge in [0.2, 0.25) is 5.89 Å². The van der Waals surface area contributed by atoms with Gasteiger partial charge in [0.05, 0.1) is 12.2 Å². The number of carbonyl (C=O) groups is 1. The Bertz CT molecular complexity index is 678. The Morgan fingerprint density at radius 3 is 2.63 bits per heavy atom. The molecule has 6 nitrogen and oxygen atoms in total. The minimum atomic E-state index is -1.24. The van der Waals surface area contributed by atoms with Crippen LogP contribution >= 0.6 is 0 Å². The van der Waals surface area contributed by atoms with Crippen molar-refractivity contribution in [2.24, 2.45) is 0 Å². The molecule has 0 bridgehead atoms. The van der Waals surface area contributed by atoms with Gasteiger partial charge in [-0.15, -0.1) is 0 Å². The summed E-state index contributed by atoms with van der Waals surface area (Å²) in [6, 6.07) is 1.30. The highest BCUT2D eigenvalue weighted by atomic mass is 16.4. The summed E-state index contributed by atoms with van der Waals surface area (Å²) in [5.74, 6) is -0.0243. The van der Waals surface area contributed by atoms with Crippen molar-refractivity contribution in [2.45, 2.75) is 27.3 Å². The lowest BCUT2D eigenvalue weighted by atomic mass is 10.2. The fraction of sp³-hybridized carbons (Fsp3) is 0.308. The molecule has 6 heteroatoms. The molecule has 0 amide bonds. The number of rotatable bonds is 3. The van der Waals surface area contributed by atoms with Crippen molar-refractivity contribution in [3.8, 4) is 0 Å². The Hall–Kier alpha value is -2.37. The summed E-state index contributed by atoms with van der Waals surface area (Å²) in [5.41, 5.74) is 0.697. The van der Waals surface area contributed by atoms with E-state index < -0.39 is 11.4 Å². The lowest BCUT2D eigenvalue weighted by Gasteiger charge is -2.08. The monoisotopic (exact) mass is 262 g/mol. The second kappa shape index (κ2) is 4.72. The minimum absolute atomic E-state index is 0.259. The molecule has 0 saturated carbocycles. The standard InChI is InChI=1S/C13H14N2O4/c1-7-4-11(16)10(13(17)18)5-15(7)6-12-14-8(2)9(3)19-12/h4-5H,6H2,1-3H3,(H,17,18). The van der Waals surface area contributed by atoms with Crippen LogP contribution in [0.5, 0.6) is 0 Å². The first kappa shape index (κ1) is 13.1. The number of aromatic nitrogens is 2. The molecule has 0 unspecified atom stereocenters. The van der Waals surface area contributed by atoms with Crippen LogP contribution in [0.2, 0.25) is 0 Å². The smallest absolute Gasteiger partial charge is 0.341 e. The molecule has 0 radical (unpaired) electrons. The van der Waals surface area contributed by atoms with Crippen LogP contribution in [0.1, 0.15) is 33.4 Å². The maximum absolute atomic E-state index is 11.5. The molecule has 0 fully saturated rings. The second-order valence-electron chi connectivity index (χ2n) is 4.37. The molecule has 2 aromatic rings. The number of aryl methyl sites for hydroxylation is 3. The first-order valence-corrected chi connectivity index (χ1v) is 5.75. The molecule has 0 atom stereocenters. The molecule has 0 saturated heterocycles. The normalized spacial score (nSPS) is 10.7. The van der Waals surface area contributed by atoms with Crippen molar-refractivity contribution in [3.63, 3.8) is 0 Å². The summed E-state index contributed by atoms with van der Waals surface area (Å²) in [6.07, 6.45) is 1.31. The zero-order valence-electron chi connectivity index (χ0n) is 10.9. The summed E-state index contributed by atoms with van der Waals surface area (Å²) in [4.78, 5) is 26.7. The van der Waals surface area contributed by atoms with Crippen LogP contribution in [-0.4, -0.2) is 20.6 Å². The van der Waals surface area contributed by atoms with Crippen LogP contribution in [0.25, 0.3) is 0 Å². The van der Waals surface area contributed by atoms with Crippen molar-refractivity contribution in [3.05, 3.63) is 51.1 Å². The molecule has 2 rings (SSSR count). The van der Waals surface area contributed by atoms with E-state index in [0.29, 0.717) is 18.1 Å². The van der Waals surface area contributed by atoms with Gasteiger partial charge in [-0.2, -0.15) is 0 Å². The Kier molecular flexibility index (Phi) is 3.25. The van der Waals surface area contributed by atoms with Gasteiger partial charge in [-0.25, -0.2) is 9.78 Å². The zero-order valence-corrected chi connectivity index (χ0v) is 10.9. The number of oxazole rings is 1. The van der Waals surface area contributed by atoms with Gasteiger partial charge in [-0.05, 0) is 20.8 Å². The Morgan fingerprint density at radius 2 is 2.11 bits per heavy atom. The molecular formula is C13H14N2O4. The molecule has 0 aliphatic rings. The summed E-state index contributed by atoms with van der Waals surface area (Å²) in [7, 11) is 0. The molecule has 19 heavy (non-hydrogen) atoms. The van der Waals surface area contributed by atoms with E-state index in [2.05, 4.69) is 4.98 Å². The predicted molar refractivity (Wildman–Crippen MR) is 67.5 cm³/mol. The van der Waals surface area contributed by atoms with Gasteiger partial charge in [0.1, 0.15) is 11.3 Å². The van der Waals surface area contributed by atoms with Gasteiger partial charge in [-0.1, -0.05) is 0 Å². The highest BCUT2D eigenvalue weighted by molar-refractivity contribution is 5.87. The van der Waals surface area contributed by atoms with Crippen LogP contribution in [0.4, 0.5) is 0 Å². The van der Waals surface area contributed by atoms with Crippen molar-refractivity contribution in [2.75, 3.05) is 0 Å². The van der Waals surface area contributed by atoms with Gasteiger partial charge in [0, 0.05) is 18.0 Å². The second-order valence-corrected chi connectivity index (χ2v) is 4.37. The van der Waals surface area contributed by atoms with Gasteiger partial charge in [-0.3, -0.25) is 4.79 Å². The molecule has 0 aliphatic heterocycles. The number of aromatic carboxylic acids is 1. The average Bonchev–Trinajstić information content (AvgIpc) is 2.61.